The van der Waals surface area contributed by atoms with Gasteiger partial charge in [0.1, 0.15) is 5.75 Å². The van der Waals surface area contributed by atoms with E-state index in [1.807, 2.05) is 43.3 Å². The first-order valence-corrected chi connectivity index (χ1v) is 5.59. The van der Waals surface area contributed by atoms with Crippen molar-refractivity contribution in [3.05, 3.63) is 59.2 Å². The molecule has 0 unspecified atom stereocenters. The zero-order valence-electron chi connectivity index (χ0n) is 10.1. The van der Waals surface area contributed by atoms with Crippen LogP contribution in [0.3, 0.4) is 0 Å². The third-order valence-corrected chi connectivity index (χ3v) is 2.55. The van der Waals surface area contributed by atoms with Gasteiger partial charge in [-0.2, -0.15) is 0 Å². The predicted molar refractivity (Wildman–Crippen MR) is 74.5 cm³/mol. The van der Waals surface area contributed by atoms with E-state index in [-0.39, 0.29) is 5.75 Å². The van der Waals surface area contributed by atoms with Gasteiger partial charge in [0.2, 0.25) is 0 Å². The minimum absolute atomic E-state index is 0.229. The third-order valence-electron chi connectivity index (χ3n) is 2.55. The Morgan fingerprint density at radius 2 is 2.06 bits per heavy atom. The number of phenols is 1. The van der Waals surface area contributed by atoms with Crippen molar-refractivity contribution in [1.82, 2.24) is 0 Å². The van der Waals surface area contributed by atoms with Crippen LogP contribution in [0.4, 0.5) is 5.69 Å². The molecule has 0 saturated carbocycles. The Hall–Kier alpha value is -2.53. The van der Waals surface area contributed by atoms with E-state index >= 15 is 0 Å². The molecule has 2 aromatic carbocycles. The van der Waals surface area contributed by atoms with Crippen molar-refractivity contribution in [2.24, 2.45) is 4.99 Å². The van der Waals surface area contributed by atoms with Crippen LogP contribution < -0.4 is 0 Å². The molecule has 18 heavy (non-hydrogen) atoms. The fourth-order valence-electron chi connectivity index (χ4n) is 1.58. The van der Waals surface area contributed by atoms with Gasteiger partial charge in [-0.25, -0.2) is 0 Å². The summed E-state index contributed by atoms with van der Waals surface area (Å²) in [5.41, 5.74) is 3.26. The lowest BCUT2D eigenvalue weighted by Crippen LogP contribution is -1.83. The van der Waals surface area contributed by atoms with Crippen molar-refractivity contribution in [1.29, 1.82) is 0 Å². The fourth-order valence-corrected chi connectivity index (χ4v) is 1.58. The Labute approximate surface area is 107 Å². The van der Waals surface area contributed by atoms with Crippen LogP contribution in [-0.2, 0) is 0 Å². The van der Waals surface area contributed by atoms with E-state index in [0.717, 1.165) is 16.8 Å². The largest absolute Gasteiger partial charge is 0.507 e. The molecule has 0 heterocycles. The van der Waals surface area contributed by atoms with Crippen molar-refractivity contribution in [2.45, 2.75) is 6.92 Å². The topological polar surface area (TPSA) is 32.6 Å². The number of rotatable bonds is 2. The summed E-state index contributed by atoms with van der Waals surface area (Å²) in [4.78, 5) is 4.30. The van der Waals surface area contributed by atoms with E-state index in [0.29, 0.717) is 5.56 Å². The maximum absolute atomic E-state index is 9.75. The van der Waals surface area contributed by atoms with Gasteiger partial charge in [-0.1, -0.05) is 18.1 Å². The first-order valence-electron chi connectivity index (χ1n) is 5.59. The first kappa shape index (κ1) is 11.9. The normalized spacial score (nSPS) is 10.4. The van der Waals surface area contributed by atoms with Crippen molar-refractivity contribution >= 4 is 11.9 Å². The summed E-state index contributed by atoms with van der Waals surface area (Å²) in [5, 5.41) is 9.75. The van der Waals surface area contributed by atoms with Crippen LogP contribution in [0, 0.1) is 19.3 Å². The molecule has 0 aliphatic carbocycles. The maximum Gasteiger partial charge on any atom is 0.124 e. The molecule has 2 rings (SSSR count). The third kappa shape index (κ3) is 2.78. The molecule has 1 N–H and O–H groups in total. The molecule has 0 fully saturated rings. The van der Waals surface area contributed by atoms with Crippen LogP contribution >= 0.6 is 0 Å². The molecule has 0 saturated heterocycles. The summed E-state index contributed by atoms with van der Waals surface area (Å²) in [5.74, 6) is 2.79. The van der Waals surface area contributed by atoms with Gasteiger partial charge in [0.05, 0.1) is 5.69 Å². The number of aliphatic imine (C=N–C) groups is 1. The molecule has 2 heteroatoms. The Morgan fingerprint density at radius 3 is 2.78 bits per heavy atom. The molecule has 0 spiro atoms. The van der Waals surface area contributed by atoms with E-state index in [1.165, 1.54) is 0 Å². The Balaban J connectivity index is 2.27. The zero-order chi connectivity index (χ0) is 13.0. The SMILES string of the molecule is C#Cc1cccc(N=Cc2ccc(C)cc2O)c1. The van der Waals surface area contributed by atoms with Crippen molar-refractivity contribution in [2.75, 3.05) is 0 Å². The lowest BCUT2D eigenvalue weighted by molar-refractivity contribution is 0.474. The fraction of sp³-hybridized carbons (Fsp3) is 0.0625. The Morgan fingerprint density at radius 1 is 1.22 bits per heavy atom. The van der Waals surface area contributed by atoms with Gasteiger partial charge in [-0.3, -0.25) is 4.99 Å². The molecule has 0 amide bonds. The van der Waals surface area contributed by atoms with Crippen molar-refractivity contribution in [3.8, 4) is 18.1 Å². The van der Waals surface area contributed by atoms with Crippen LogP contribution in [0.5, 0.6) is 5.75 Å². The molecule has 88 valence electrons. The van der Waals surface area contributed by atoms with Crippen LogP contribution in [-0.4, -0.2) is 11.3 Å². The molecular formula is C16H13NO. The van der Waals surface area contributed by atoms with Gasteiger partial charge in [-0.15, -0.1) is 6.42 Å². The number of hydrogen-bond acceptors (Lipinski definition) is 2. The highest BCUT2D eigenvalue weighted by atomic mass is 16.3. The van der Waals surface area contributed by atoms with Gasteiger partial charge in [-0.05, 0) is 42.8 Å². The van der Waals surface area contributed by atoms with Crippen molar-refractivity contribution < 1.29 is 5.11 Å². The number of benzene rings is 2. The van der Waals surface area contributed by atoms with Gasteiger partial charge >= 0.3 is 0 Å². The maximum atomic E-state index is 9.75. The van der Waals surface area contributed by atoms with E-state index in [4.69, 9.17) is 6.42 Å². The van der Waals surface area contributed by atoms with Crippen LogP contribution in [0.15, 0.2) is 47.5 Å². The smallest absolute Gasteiger partial charge is 0.124 e. The van der Waals surface area contributed by atoms with Crippen LogP contribution in [0.2, 0.25) is 0 Å². The van der Waals surface area contributed by atoms with Gasteiger partial charge < -0.3 is 5.11 Å². The quantitative estimate of drug-likeness (QED) is 0.627. The number of aromatic hydroxyl groups is 1. The van der Waals surface area contributed by atoms with E-state index < -0.39 is 0 Å². The number of phenolic OH excluding ortho intramolecular Hbond substituents is 1. The number of nitrogens with zero attached hydrogens (tertiary/aromatic N) is 1. The van der Waals surface area contributed by atoms with E-state index in [1.54, 1.807) is 12.3 Å². The van der Waals surface area contributed by atoms with E-state index in [2.05, 4.69) is 10.9 Å². The average Bonchev–Trinajstić information content (AvgIpc) is 2.38. The molecule has 2 nitrogen and oxygen atoms in total. The average molecular weight is 235 g/mol. The summed E-state index contributed by atoms with van der Waals surface area (Å²) in [6, 6.07) is 12.9. The minimum atomic E-state index is 0.229. The number of hydrogen-bond donors (Lipinski definition) is 1. The molecule has 0 aromatic heterocycles. The molecule has 2 aromatic rings. The second kappa shape index (κ2) is 5.20. The number of terminal acetylenes is 1. The second-order valence-corrected chi connectivity index (χ2v) is 4.02. The summed E-state index contributed by atoms with van der Waals surface area (Å²) in [6.45, 7) is 1.93. The summed E-state index contributed by atoms with van der Waals surface area (Å²) in [6.07, 6.45) is 6.95. The summed E-state index contributed by atoms with van der Waals surface area (Å²) < 4.78 is 0. The first-order chi connectivity index (χ1) is 8.69. The lowest BCUT2D eigenvalue weighted by atomic mass is 10.1. The molecular weight excluding hydrogens is 222 g/mol. The summed E-state index contributed by atoms with van der Waals surface area (Å²) >= 11 is 0. The van der Waals surface area contributed by atoms with Crippen molar-refractivity contribution in [3.63, 3.8) is 0 Å². The lowest BCUT2D eigenvalue weighted by Gasteiger charge is -2.00. The number of aryl methyl sites for hydroxylation is 1. The zero-order valence-corrected chi connectivity index (χ0v) is 10.1. The van der Waals surface area contributed by atoms with E-state index in [9.17, 15) is 5.11 Å². The molecule has 0 radical (unpaired) electrons. The Bertz CT molecular complexity index is 636. The van der Waals surface area contributed by atoms with Gasteiger partial charge in [0, 0.05) is 17.3 Å². The molecule has 0 aliphatic rings. The monoisotopic (exact) mass is 235 g/mol. The second-order valence-electron chi connectivity index (χ2n) is 4.02. The Kier molecular flexibility index (Phi) is 3.45. The molecule has 0 aliphatic heterocycles. The molecule has 0 atom stereocenters. The van der Waals surface area contributed by atoms with Crippen LogP contribution in [0.1, 0.15) is 16.7 Å². The van der Waals surface area contributed by atoms with Gasteiger partial charge in [0.15, 0.2) is 0 Å². The predicted octanol–water partition coefficient (Wildman–Crippen LogP) is 3.43. The molecule has 0 bridgehead atoms. The highest BCUT2D eigenvalue weighted by molar-refractivity contribution is 5.85. The summed E-state index contributed by atoms with van der Waals surface area (Å²) in [7, 11) is 0. The van der Waals surface area contributed by atoms with Gasteiger partial charge in [0.25, 0.3) is 0 Å². The standard InChI is InChI=1S/C16H13NO/c1-3-13-5-4-6-15(10-13)17-11-14-8-7-12(2)9-16(14)18/h1,4-11,18H,2H3. The minimum Gasteiger partial charge on any atom is -0.507 e. The van der Waals surface area contributed by atoms with Crippen LogP contribution in [0.25, 0.3) is 0 Å². The highest BCUT2D eigenvalue weighted by Gasteiger charge is 1.98. The highest BCUT2D eigenvalue weighted by Crippen LogP contribution is 2.18.